The first-order chi connectivity index (χ1) is 17.1. The van der Waals surface area contributed by atoms with Gasteiger partial charge in [-0.25, -0.2) is 14.7 Å². The molecule has 0 aliphatic heterocycles. The Labute approximate surface area is 223 Å². The van der Waals surface area contributed by atoms with Gasteiger partial charge < -0.3 is 0 Å². The van der Waals surface area contributed by atoms with E-state index in [0.29, 0.717) is 20.2 Å². The first kappa shape index (κ1) is 23.7. The minimum atomic E-state index is 0.568. The topological polar surface area (TPSA) is 39.9 Å². The molecule has 3 nitrogen and oxygen atoms in total. The van der Waals surface area contributed by atoms with Crippen LogP contribution < -0.4 is 4.72 Å². The number of aromatic nitrogens is 2. The van der Waals surface area contributed by atoms with Crippen molar-refractivity contribution in [1.29, 1.82) is 0 Å². The lowest BCUT2D eigenvalue weighted by Crippen LogP contribution is -1.97. The molecule has 0 aliphatic rings. The summed E-state index contributed by atoms with van der Waals surface area (Å²) in [5.74, 6) is 0. The van der Waals surface area contributed by atoms with Crippen LogP contribution in [0.2, 0.25) is 15.1 Å². The molecule has 0 fully saturated rings. The van der Waals surface area contributed by atoms with Gasteiger partial charge in [0.15, 0.2) is 0 Å². The highest BCUT2D eigenvalue weighted by molar-refractivity contribution is 7.97. The largest absolute Gasteiger partial charge is 0.230 e. The number of rotatable bonds is 6. The normalized spacial score (nSPS) is 10.8. The zero-order chi connectivity index (χ0) is 24.2. The molecule has 0 amide bonds. The van der Waals surface area contributed by atoms with E-state index < -0.39 is 0 Å². The third-order valence-corrected chi connectivity index (χ3v) is 6.76. The molecular weight excluding hydrogens is 517 g/mol. The Hall–Kier alpha value is -3.02. The van der Waals surface area contributed by atoms with Gasteiger partial charge in [-0.05, 0) is 76.9 Å². The molecule has 0 spiro atoms. The lowest BCUT2D eigenvalue weighted by Gasteiger charge is -2.17. The van der Waals surface area contributed by atoms with E-state index in [9.17, 15) is 0 Å². The maximum Gasteiger partial charge on any atom is 0.210 e. The fourth-order valence-corrected chi connectivity index (χ4v) is 4.62. The lowest BCUT2D eigenvalue weighted by atomic mass is 9.91. The van der Waals surface area contributed by atoms with Gasteiger partial charge in [-0.3, -0.25) is 0 Å². The minimum absolute atomic E-state index is 0.568. The van der Waals surface area contributed by atoms with Crippen LogP contribution in [0.1, 0.15) is 0 Å². The molecule has 1 aromatic heterocycles. The summed E-state index contributed by atoms with van der Waals surface area (Å²) in [6, 6.07) is 29.4. The van der Waals surface area contributed by atoms with Crippen LogP contribution in [0.4, 0.5) is 5.69 Å². The quantitative estimate of drug-likeness (QED) is 0.161. The van der Waals surface area contributed by atoms with Crippen molar-refractivity contribution in [1.82, 2.24) is 14.7 Å². The van der Waals surface area contributed by atoms with Crippen molar-refractivity contribution >= 4 is 52.4 Å². The predicted octanol–water partition coefficient (Wildman–Crippen LogP) is 9.38. The summed E-state index contributed by atoms with van der Waals surface area (Å²) in [6.45, 7) is 0. The van der Waals surface area contributed by atoms with Gasteiger partial charge in [-0.2, -0.15) is 0 Å². The summed E-state index contributed by atoms with van der Waals surface area (Å²) in [4.78, 5) is 8.61. The van der Waals surface area contributed by atoms with Crippen LogP contribution in [0, 0.1) is 0 Å². The van der Waals surface area contributed by atoms with Crippen molar-refractivity contribution in [2.75, 3.05) is 0 Å². The molecule has 0 saturated heterocycles. The highest BCUT2D eigenvalue weighted by atomic mass is 35.5. The van der Waals surface area contributed by atoms with Crippen LogP contribution in [-0.2, 0) is 0 Å². The standard InChI is InChI=1S/C28H17Cl3N3S/c29-22-8-2-18(3-9-22)21-16-25(19-4-10-23(30)11-5-19)27(34-35-28-32-14-1-15-33-28)26(17-21)20-6-12-24(31)13-7-20/h1-17H. The Morgan fingerprint density at radius 2 is 0.971 bits per heavy atom. The second-order valence-corrected chi connectivity index (χ2v) is 9.69. The summed E-state index contributed by atoms with van der Waals surface area (Å²) in [6.07, 6.45) is 3.41. The van der Waals surface area contributed by atoms with Gasteiger partial charge in [0.25, 0.3) is 0 Å². The molecule has 5 rings (SSSR count). The third kappa shape index (κ3) is 5.63. The molecule has 1 heterocycles. The molecule has 0 aliphatic carbocycles. The van der Waals surface area contributed by atoms with Gasteiger partial charge in [0, 0.05) is 38.6 Å². The van der Waals surface area contributed by atoms with E-state index in [1.54, 1.807) is 18.5 Å². The van der Waals surface area contributed by atoms with Crippen molar-refractivity contribution in [3.05, 3.63) is 118 Å². The van der Waals surface area contributed by atoms with E-state index >= 15 is 0 Å². The highest BCUT2D eigenvalue weighted by Gasteiger charge is 2.18. The van der Waals surface area contributed by atoms with E-state index in [0.717, 1.165) is 39.1 Å². The van der Waals surface area contributed by atoms with Gasteiger partial charge in [0.1, 0.15) is 0 Å². The van der Waals surface area contributed by atoms with E-state index in [1.807, 2.05) is 72.8 Å². The van der Waals surface area contributed by atoms with Crippen molar-refractivity contribution in [2.45, 2.75) is 5.16 Å². The number of nitrogens with zero attached hydrogens (tertiary/aromatic N) is 3. The number of benzene rings is 4. The molecule has 35 heavy (non-hydrogen) atoms. The summed E-state index contributed by atoms with van der Waals surface area (Å²) in [7, 11) is 0. The first-order valence-corrected chi connectivity index (χ1v) is 12.6. The summed E-state index contributed by atoms with van der Waals surface area (Å²) in [5, 5.41) is 2.60. The Morgan fingerprint density at radius 1 is 0.543 bits per heavy atom. The second-order valence-electron chi connectivity index (χ2n) is 7.65. The summed E-state index contributed by atoms with van der Waals surface area (Å²) in [5.41, 5.74) is 6.80. The molecule has 0 unspecified atom stereocenters. The monoisotopic (exact) mass is 532 g/mol. The lowest BCUT2D eigenvalue weighted by molar-refractivity contribution is 0.963. The van der Waals surface area contributed by atoms with E-state index in [2.05, 4.69) is 22.1 Å². The van der Waals surface area contributed by atoms with Crippen LogP contribution in [0.5, 0.6) is 0 Å². The highest BCUT2D eigenvalue weighted by Crippen LogP contribution is 2.43. The fourth-order valence-electron chi connectivity index (χ4n) is 3.66. The molecule has 0 saturated carbocycles. The van der Waals surface area contributed by atoms with Gasteiger partial charge in [0.2, 0.25) is 5.16 Å². The van der Waals surface area contributed by atoms with Gasteiger partial charge >= 0.3 is 0 Å². The molecular formula is C28H17Cl3N3S. The van der Waals surface area contributed by atoms with Crippen molar-refractivity contribution in [2.24, 2.45) is 0 Å². The zero-order valence-electron chi connectivity index (χ0n) is 18.2. The first-order valence-electron chi connectivity index (χ1n) is 10.7. The zero-order valence-corrected chi connectivity index (χ0v) is 21.3. The number of halogens is 3. The maximum atomic E-state index is 6.19. The minimum Gasteiger partial charge on any atom is -0.230 e. The Balaban J connectivity index is 1.72. The van der Waals surface area contributed by atoms with E-state index in [-0.39, 0.29) is 0 Å². The summed E-state index contributed by atoms with van der Waals surface area (Å²) >= 11 is 19.8. The van der Waals surface area contributed by atoms with Crippen LogP contribution in [0.15, 0.2) is 109 Å². The van der Waals surface area contributed by atoms with Crippen molar-refractivity contribution < 1.29 is 0 Å². The molecule has 0 N–H and O–H groups in total. The van der Waals surface area contributed by atoms with E-state index in [1.165, 1.54) is 11.9 Å². The average Bonchev–Trinajstić information content (AvgIpc) is 2.89. The maximum absolute atomic E-state index is 6.19. The van der Waals surface area contributed by atoms with Gasteiger partial charge in [0.05, 0.1) is 17.6 Å². The number of hydrogen-bond donors (Lipinski definition) is 0. The van der Waals surface area contributed by atoms with Gasteiger partial charge in [-0.1, -0.05) is 71.2 Å². The van der Waals surface area contributed by atoms with Crippen LogP contribution >= 0.6 is 46.8 Å². The Kier molecular flexibility index (Phi) is 7.26. The van der Waals surface area contributed by atoms with Crippen molar-refractivity contribution in [3.63, 3.8) is 0 Å². The fraction of sp³-hybridized carbons (Fsp3) is 0. The van der Waals surface area contributed by atoms with Crippen molar-refractivity contribution in [3.8, 4) is 33.4 Å². The Bertz CT molecular complexity index is 1370. The third-order valence-electron chi connectivity index (χ3n) is 5.36. The van der Waals surface area contributed by atoms with Gasteiger partial charge in [-0.15, -0.1) is 0 Å². The molecule has 0 bridgehead atoms. The molecule has 4 aromatic carbocycles. The molecule has 7 heteroatoms. The smallest absolute Gasteiger partial charge is 0.210 e. The predicted molar refractivity (Wildman–Crippen MR) is 147 cm³/mol. The van der Waals surface area contributed by atoms with Crippen LogP contribution in [0.3, 0.4) is 0 Å². The Morgan fingerprint density at radius 3 is 1.43 bits per heavy atom. The van der Waals surface area contributed by atoms with E-state index in [4.69, 9.17) is 39.5 Å². The second kappa shape index (κ2) is 10.7. The molecule has 0 atom stereocenters. The van der Waals surface area contributed by atoms with Crippen LogP contribution in [-0.4, -0.2) is 9.97 Å². The molecule has 5 aromatic rings. The molecule has 1 radical (unpaired) electrons. The average molecular weight is 534 g/mol. The van der Waals surface area contributed by atoms with Crippen LogP contribution in [0.25, 0.3) is 33.4 Å². The number of hydrogen-bond acceptors (Lipinski definition) is 3. The molecule has 171 valence electrons. The summed E-state index contributed by atoms with van der Waals surface area (Å²) < 4.78 is 4.93. The SMILES string of the molecule is Clc1ccc(-c2cc(-c3ccc(Cl)cc3)c([N]Sc3ncccn3)c(-c3ccc(Cl)cc3)c2)cc1.